The topological polar surface area (TPSA) is 69.6 Å². The molecule has 82 valence electrons. The Balaban J connectivity index is 1.93. The first kappa shape index (κ1) is 10.4. The average Bonchev–Trinajstić information content (AvgIpc) is 2.80. The van der Waals surface area contributed by atoms with Crippen molar-refractivity contribution in [1.82, 2.24) is 9.03 Å². The fraction of sp³-hybridized carbons (Fsp3) is 1.00. The molecular weight excluding hydrogens is 204 g/mol. The molecule has 5 nitrogen and oxygen atoms in total. The summed E-state index contributed by atoms with van der Waals surface area (Å²) in [6.07, 6.45) is 2.07. The summed E-state index contributed by atoms with van der Waals surface area (Å²) in [7, 11) is -3.33. The molecule has 0 amide bonds. The van der Waals surface area contributed by atoms with Crippen molar-refractivity contribution in [2.24, 2.45) is 5.92 Å². The van der Waals surface area contributed by atoms with Gasteiger partial charge in [-0.25, -0.2) is 4.72 Å². The van der Waals surface area contributed by atoms with Crippen LogP contribution in [-0.4, -0.2) is 43.1 Å². The average molecular weight is 220 g/mol. The normalized spacial score (nSPS) is 27.3. The van der Waals surface area contributed by atoms with Crippen LogP contribution in [0.4, 0.5) is 0 Å². The predicted molar refractivity (Wildman–Crippen MR) is 51.8 cm³/mol. The minimum absolute atomic E-state index is 0.257. The van der Waals surface area contributed by atoms with Crippen molar-refractivity contribution >= 4 is 10.2 Å². The zero-order valence-electron chi connectivity index (χ0n) is 8.23. The van der Waals surface area contributed by atoms with Crippen molar-refractivity contribution in [2.75, 3.05) is 19.6 Å². The van der Waals surface area contributed by atoms with Crippen molar-refractivity contribution in [3.05, 3.63) is 0 Å². The highest BCUT2D eigenvalue weighted by Gasteiger charge is 2.54. The molecule has 1 aliphatic carbocycles. The largest absolute Gasteiger partial charge is 0.387 e. The van der Waals surface area contributed by atoms with Gasteiger partial charge in [-0.05, 0) is 18.8 Å². The van der Waals surface area contributed by atoms with E-state index in [9.17, 15) is 13.5 Å². The zero-order valence-corrected chi connectivity index (χ0v) is 9.05. The van der Waals surface area contributed by atoms with E-state index in [4.69, 9.17) is 0 Å². The Morgan fingerprint density at radius 2 is 2.07 bits per heavy atom. The van der Waals surface area contributed by atoms with E-state index in [-0.39, 0.29) is 13.1 Å². The van der Waals surface area contributed by atoms with E-state index in [1.54, 1.807) is 6.92 Å². The van der Waals surface area contributed by atoms with Crippen molar-refractivity contribution in [3.63, 3.8) is 0 Å². The van der Waals surface area contributed by atoms with Crippen LogP contribution in [0, 0.1) is 5.92 Å². The Morgan fingerprint density at radius 3 is 2.50 bits per heavy atom. The summed E-state index contributed by atoms with van der Waals surface area (Å²) in [5, 5.41) is 9.92. The van der Waals surface area contributed by atoms with Crippen LogP contribution in [-0.2, 0) is 10.2 Å². The summed E-state index contributed by atoms with van der Waals surface area (Å²) in [5.41, 5.74) is -0.734. The van der Waals surface area contributed by atoms with E-state index < -0.39 is 15.8 Å². The Bertz CT molecular complexity index is 317. The number of rotatable bonds is 4. The second-order valence-electron chi connectivity index (χ2n) is 4.15. The second kappa shape index (κ2) is 3.16. The minimum atomic E-state index is -3.33. The molecule has 14 heavy (non-hydrogen) atoms. The van der Waals surface area contributed by atoms with Crippen LogP contribution < -0.4 is 4.72 Å². The van der Waals surface area contributed by atoms with Gasteiger partial charge in [0.25, 0.3) is 10.2 Å². The van der Waals surface area contributed by atoms with E-state index in [0.717, 1.165) is 12.8 Å². The van der Waals surface area contributed by atoms with E-state index >= 15 is 0 Å². The van der Waals surface area contributed by atoms with E-state index in [0.29, 0.717) is 12.5 Å². The summed E-state index contributed by atoms with van der Waals surface area (Å²) in [6, 6.07) is 0. The molecule has 0 aromatic heterocycles. The van der Waals surface area contributed by atoms with Crippen LogP contribution in [0.25, 0.3) is 0 Å². The maximum atomic E-state index is 11.4. The van der Waals surface area contributed by atoms with Crippen LogP contribution in [0.3, 0.4) is 0 Å². The Morgan fingerprint density at radius 1 is 1.50 bits per heavy atom. The van der Waals surface area contributed by atoms with Gasteiger partial charge in [0.15, 0.2) is 0 Å². The van der Waals surface area contributed by atoms with Gasteiger partial charge in [0, 0.05) is 19.6 Å². The van der Waals surface area contributed by atoms with Gasteiger partial charge < -0.3 is 5.11 Å². The highest BCUT2D eigenvalue weighted by atomic mass is 32.2. The summed E-state index contributed by atoms with van der Waals surface area (Å²) in [6.45, 7) is 2.64. The molecule has 6 heteroatoms. The standard InChI is InChI=1S/C8H16N2O3S/c1-2-9-14(12,13)10-5-8(11,6-10)7-3-4-7/h7,9,11H,2-6H2,1H3. The molecule has 0 unspecified atom stereocenters. The maximum Gasteiger partial charge on any atom is 0.279 e. The molecule has 1 aliphatic heterocycles. The van der Waals surface area contributed by atoms with Gasteiger partial charge in [0.2, 0.25) is 0 Å². The number of nitrogens with one attached hydrogen (secondary N) is 1. The summed E-state index contributed by atoms with van der Waals surface area (Å²) in [5.74, 6) is 0.329. The second-order valence-corrected chi connectivity index (χ2v) is 5.90. The monoisotopic (exact) mass is 220 g/mol. The third-order valence-corrected chi connectivity index (χ3v) is 4.50. The smallest absolute Gasteiger partial charge is 0.279 e. The van der Waals surface area contributed by atoms with Crippen molar-refractivity contribution < 1.29 is 13.5 Å². The summed E-state index contributed by atoms with van der Waals surface area (Å²) in [4.78, 5) is 0. The third-order valence-electron chi connectivity index (χ3n) is 2.90. The van der Waals surface area contributed by atoms with E-state index in [2.05, 4.69) is 4.72 Å². The molecule has 0 atom stereocenters. The molecule has 0 bridgehead atoms. The lowest BCUT2D eigenvalue weighted by atomic mass is 9.91. The first-order valence-corrected chi connectivity index (χ1v) is 6.39. The van der Waals surface area contributed by atoms with Gasteiger partial charge >= 0.3 is 0 Å². The van der Waals surface area contributed by atoms with Crippen molar-refractivity contribution in [1.29, 1.82) is 0 Å². The van der Waals surface area contributed by atoms with Crippen LogP contribution in [0.5, 0.6) is 0 Å². The fourth-order valence-corrected chi connectivity index (χ4v) is 3.22. The Kier molecular flexibility index (Phi) is 2.34. The highest BCUT2D eigenvalue weighted by molar-refractivity contribution is 7.87. The van der Waals surface area contributed by atoms with Crippen LogP contribution in [0.2, 0.25) is 0 Å². The molecule has 2 N–H and O–H groups in total. The van der Waals surface area contributed by atoms with Gasteiger partial charge in [-0.1, -0.05) is 6.92 Å². The third kappa shape index (κ3) is 1.67. The SMILES string of the molecule is CCNS(=O)(=O)N1CC(O)(C2CC2)C1. The number of hydrogen-bond donors (Lipinski definition) is 2. The first-order chi connectivity index (χ1) is 6.48. The molecule has 0 aromatic rings. The quantitative estimate of drug-likeness (QED) is 0.658. The maximum absolute atomic E-state index is 11.4. The number of hydrogen-bond acceptors (Lipinski definition) is 3. The summed E-state index contributed by atoms with van der Waals surface area (Å²) < 4.78 is 26.6. The Hall–Kier alpha value is -0.170. The molecule has 2 fully saturated rings. The number of aliphatic hydroxyl groups is 1. The van der Waals surface area contributed by atoms with Crippen LogP contribution in [0.1, 0.15) is 19.8 Å². The van der Waals surface area contributed by atoms with Gasteiger partial charge in [-0.3, -0.25) is 0 Å². The van der Waals surface area contributed by atoms with Crippen molar-refractivity contribution in [2.45, 2.75) is 25.4 Å². The molecule has 2 aliphatic rings. The Labute approximate surface area is 84.3 Å². The van der Waals surface area contributed by atoms with Gasteiger partial charge in [-0.2, -0.15) is 12.7 Å². The molecule has 1 saturated heterocycles. The molecular formula is C8H16N2O3S. The lowest BCUT2D eigenvalue weighted by Gasteiger charge is -2.45. The lowest BCUT2D eigenvalue weighted by Crippen LogP contribution is -2.66. The predicted octanol–water partition coefficient (Wildman–Crippen LogP) is -0.703. The molecule has 1 saturated carbocycles. The lowest BCUT2D eigenvalue weighted by molar-refractivity contribution is -0.0769. The zero-order chi connectivity index (χ0) is 10.4. The highest BCUT2D eigenvalue weighted by Crippen LogP contribution is 2.44. The minimum Gasteiger partial charge on any atom is -0.387 e. The van der Waals surface area contributed by atoms with Gasteiger partial charge in [0.1, 0.15) is 0 Å². The van der Waals surface area contributed by atoms with Crippen molar-refractivity contribution in [3.8, 4) is 0 Å². The summed E-state index contributed by atoms with van der Waals surface area (Å²) >= 11 is 0. The van der Waals surface area contributed by atoms with E-state index in [1.807, 2.05) is 0 Å². The molecule has 2 rings (SSSR count). The number of β-amino-alcohol motifs (C(OH)–C–C–N with tert-alkyl or cyclic N) is 1. The first-order valence-electron chi connectivity index (χ1n) is 4.95. The molecule has 0 spiro atoms. The van der Waals surface area contributed by atoms with Crippen LogP contribution in [0.15, 0.2) is 0 Å². The molecule has 1 heterocycles. The molecule has 0 radical (unpaired) electrons. The number of nitrogens with zero attached hydrogens (tertiary/aromatic N) is 1. The fourth-order valence-electron chi connectivity index (χ4n) is 1.89. The van der Waals surface area contributed by atoms with Crippen LogP contribution >= 0.6 is 0 Å². The van der Waals surface area contributed by atoms with Gasteiger partial charge in [-0.15, -0.1) is 0 Å². The molecule has 0 aromatic carbocycles. The van der Waals surface area contributed by atoms with E-state index in [1.165, 1.54) is 4.31 Å². The van der Waals surface area contributed by atoms with Gasteiger partial charge in [0.05, 0.1) is 5.60 Å².